The Labute approximate surface area is 311 Å². The van der Waals surface area contributed by atoms with Gasteiger partial charge in [0, 0.05) is 46.4 Å². The molecule has 0 aliphatic carbocycles. The van der Waals surface area contributed by atoms with Crippen LogP contribution >= 0.6 is 0 Å². The molecule has 3 aliphatic rings. The zero-order valence-corrected chi connectivity index (χ0v) is 30.9. The van der Waals surface area contributed by atoms with Gasteiger partial charge in [-0.3, -0.25) is 0 Å². The number of methoxy groups -OCH3 is 1. The Bertz CT molecular complexity index is 2470. The topological polar surface area (TPSA) is 54.8 Å². The van der Waals surface area contributed by atoms with Crippen molar-refractivity contribution in [2.24, 2.45) is 0 Å². The van der Waals surface area contributed by atoms with Gasteiger partial charge in [0.2, 0.25) is 0 Å². The number of para-hydroxylation sites is 2. The zero-order chi connectivity index (χ0) is 36.9. The first-order valence-corrected chi connectivity index (χ1v) is 18.2. The largest absolute Gasteiger partial charge is 0.496 e. The summed E-state index contributed by atoms with van der Waals surface area (Å²) >= 11 is 0. The first-order valence-electron chi connectivity index (χ1n) is 18.2. The van der Waals surface area contributed by atoms with E-state index in [1.54, 1.807) is 19.3 Å². The molecule has 1 aromatic heterocycles. The molecule has 0 N–H and O–H groups in total. The van der Waals surface area contributed by atoms with Gasteiger partial charge in [0.05, 0.1) is 30.8 Å². The Morgan fingerprint density at radius 3 is 2.04 bits per heavy atom. The van der Waals surface area contributed by atoms with Crippen LogP contribution in [0.5, 0.6) is 5.75 Å². The molecule has 0 fully saturated rings. The lowest BCUT2D eigenvalue weighted by molar-refractivity contribution is 0.332. The highest BCUT2D eigenvalue weighted by Crippen LogP contribution is 2.53. The van der Waals surface area contributed by atoms with Crippen molar-refractivity contribution in [3.05, 3.63) is 160 Å². The maximum absolute atomic E-state index is 9.79. The molecule has 0 unspecified atom stereocenters. The van der Waals surface area contributed by atoms with Crippen molar-refractivity contribution < 1.29 is 9.47 Å². The molecule has 53 heavy (non-hydrogen) atoms. The van der Waals surface area contributed by atoms with E-state index in [4.69, 9.17) is 16.0 Å². The second kappa shape index (κ2) is 13.1. The van der Waals surface area contributed by atoms with Crippen LogP contribution < -0.4 is 9.64 Å². The number of hydrogen-bond donors (Lipinski definition) is 0. The van der Waals surface area contributed by atoms with E-state index in [2.05, 4.69) is 127 Å². The molecule has 4 heterocycles. The molecule has 5 aromatic rings. The zero-order valence-electron chi connectivity index (χ0n) is 30.9. The lowest BCUT2D eigenvalue weighted by Gasteiger charge is -2.48. The van der Waals surface area contributed by atoms with E-state index in [0.717, 1.165) is 48.5 Å². The highest BCUT2D eigenvalue weighted by Gasteiger charge is 2.42. The Morgan fingerprint density at radius 1 is 0.830 bits per heavy atom. The summed E-state index contributed by atoms with van der Waals surface area (Å²) in [5, 5.41) is 12.2. The number of aromatic nitrogens is 1. The molecule has 6 heteroatoms. The standard InChI is InChI=1S/C47H42N4O2/c1-46(2)23-25-50-26-24-47(3,4)43-44(50)39(46)29-32(45(43)52-6)18-22-36-28-33(40(30-48)49-5)27-35(53-36)21-17-31-15-19-34(20-16-31)51-41-13-9-7-11-37(41)38-12-8-10-14-42(38)51/h7-22,27-29H,23-26H2,1-4,6H3/b21-17+,22-18+,40-33-. The van der Waals surface area contributed by atoms with Gasteiger partial charge in [0.15, 0.2) is 0 Å². The third-order valence-corrected chi connectivity index (χ3v) is 11.1. The van der Waals surface area contributed by atoms with Gasteiger partial charge in [-0.2, -0.15) is 0 Å². The predicted octanol–water partition coefficient (Wildman–Crippen LogP) is 11.2. The fourth-order valence-electron chi connectivity index (χ4n) is 8.20. The van der Waals surface area contributed by atoms with Crippen molar-refractivity contribution in [3.8, 4) is 17.5 Å². The molecule has 0 spiro atoms. The quantitative estimate of drug-likeness (QED) is 0.131. The fourth-order valence-corrected chi connectivity index (χ4v) is 8.20. The van der Waals surface area contributed by atoms with E-state index in [-0.39, 0.29) is 16.5 Å². The molecule has 6 nitrogen and oxygen atoms in total. The van der Waals surface area contributed by atoms with Crippen LogP contribution in [0.25, 0.3) is 44.5 Å². The maximum Gasteiger partial charge on any atom is 0.269 e. The summed E-state index contributed by atoms with van der Waals surface area (Å²) in [4.78, 5) is 6.04. The molecule has 0 saturated carbocycles. The number of anilines is 1. The number of ether oxygens (including phenoxy) is 2. The summed E-state index contributed by atoms with van der Waals surface area (Å²) in [5.74, 6) is 1.96. The van der Waals surface area contributed by atoms with Crippen molar-refractivity contribution in [2.75, 3.05) is 25.1 Å². The van der Waals surface area contributed by atoms with E-state index in [9.17, 15) is 5.26 Å². The predicted molar refractivity (Wildman–Crippen MR) is 216 cm³/mol. The van der Waals surface area contributed by atoms with Gasteiger partial charge in [-0.05, 0) is 101 Å². The van der Waals surface area contributed by atoms with Gasteiger partial charge in [0.25, 0.3) is 5.70 Å². The molecule has 3 aliphatic heterocycles. The number of allylic oxidation sites excluding steroid dienone is 6. The molecule has 0 amide bonds. The number of nitrogens with zero attached hydrogens (tertiary/aromatic N) is 4. The Hall–Kier alpha value is -6.24. The minimum absolute atomic E-state index is 0.0139. The van der Waals surface area contributed by atoms with E-state index < -0.39 is 0 Å². The highest BCUT2D eigenvalue weighted by molar-refractivity contribution is 6.09. The Balaban J connectivity index is 1.11. The summed E-state index contributed by atoms with van der Waals surface area (Å²) in [5.41, 5.74) is 9.85. The van der Waals surface area contributed by atoms with Crippen LogP contribution in [0.2, 0.25) is 0 Å². The fraction of sp³-hybridized carbons (Fsp3) is 0.234. The summed E-state index contributed by atoms with van der Waals surface area (Å²) in [6.45, 7) is 19.0. The minimum atomic E-state index is -0.0423. The maximum atomic E-state index is 9.79. The first kappa shape index (κ1) is 33.9. The second-order valence-corrected chi connectivity index (χ2v) is 15.4. The molecule has 8 rings (SSSR count). The van der Waals surface area contributed by atoms with E-state index in [1.807, 2.05) is 24.3 Å². The van der Waals surface area contributed by atoms with Gasteiger partial charge in [-0.15, -0.1) is 0 Å². The molecule has 0 bridgehead atoms. The molecule has 0 atom stereocenters. The molecule has 0 saturated heterocycles. The average Bonchev–Trinajstić information content (AvgIpc) is 3.50. The van der Waals surface area contributed by atoms with E-state index in [0.29, 0.717) is 17.1 Å². The number of rotatable bonds is 6. The van der Waals surface area contributed by atoms with Gasteiger partial charge in [-0.1, -0.05) is 82.3 Å². The SMILES string of the molecule is [C-]#[N+]/C(C#N)=C1C=C(/C=C/c2ccc(-n3c4ccccc4c4ccccc43)cc2)OC(/C=C/c2cc3c4c(c2OC)C(C)(C)CCN4CCC3(C)C)=C/1. The third kappa shape index (κ3) is 5.91. The highest BCUT2D eigenvalue weighted by atomic mass is 16.5. The van der Waals surface area contributed by atoms with E-state index >= 15 is 0 Å². The lowest BCUT2D eigenvalue weighted by Crippen LogP contribution is -2.45. The number of hydrogen-bond acceptors (Lipinski definition) is 4. The first-order chi connectivity index (χ1) is 25.6. The summed E-state index contributed by atoms with van der Waals surface area (Å²) < 4.78 is 14.9. The van der Waals surface area contributed by atoms with Gasteiger partial charge in [0.1, 0.15) is 17.3 Å². The van der Waals surface area contributed by atoms with Crippen molar-refractivity contribution in [1.29, 1.82) is 5.26 Å². The van der Waals surface area contributed by atoms with Crippen LogP contribution in [-0.4, -0.2) is 24.8 Å². The van der Waals surface area contributed by atoms with Crippen LogP contribution in [-0.2, 0) is 15.6 Å². The van der Waals surface area contributed by atoms with Crippen molar-refractivity contribution in [2.45, 2.75) is 51.4 Å². The van der Waals surface area contributed by atoms with E-state index in [1.165, 1.54) is 38.6 Å². The lowest BCUT2D eigenvalue weighted by atomic mass is 9.68. The van der Waals surface area contributed by atoms with Crippen molar-refractivity contribution >= 4 is 39.6 Å². The van der Waals surface area contributed by atoms with Crippen LogP contribution in [0.3, 0.4) is 0 Å². The summed E-state index contributed by atoms with van der Waals surface area (Å²) in [7, 11) is 1.76. The van der Waals surface area contributed by atoms with Crippen LogP contribution in [0.1, 0.15) is 62.8 Å². The van der Waals surface area contributed by atoms with Crippen LogP contribution in [0.15, 0.2) is 126 Å². The third-order valence-electron chi connectivity index (χ3n) is 11.1. The number of benzene rings is 4. The summed E-state index contributed by atoms with van der Waals surface area (Å²) in [6.07, 6.45) is 13.5. The molecule has 4 aromatic carbocycles. The Morgan fingerprint density at radius 2 is 1.43 bits per heavy atom. The van der Waals surface area contributed by atoms with Gasteiger partial charge >= 0.3 is 0 Å². The molecular formula is C47H42N4O2. The second-order valence-electron chi connectivity index (χ2n) is 15.4. The minimum Gasteiger partial charge on any atom is -0.496 e. The Kier molecular flexibility index (Phi) is 8.35. The molecule has 262 valence electrons. The average molecular weight is 695 g/mol. The van der Waals surface area contributed by atoms with Crippen LogP contribution in [0, 0.1) is 17.9 Å². The molecule has 0 radical (unpaired) electrons. The smallest absolute Gasteiger partial charge is 0.269 e. The van der Waals surface area contributed by atoms with Crippen LogP contribution in [0.4, 0.5) is 5.69 Å². The van der Waals surface area contributed by atoms with Crippen molar-refractivity contribution in [3.63, 3.8) is 0 Å². The molecular weight excluding hydrogens is 653 g/mol. The summed E-state index contributed by atoms with van der Waals surface area (Å²) in [6, 6.07) is 29.7. The van der Waals surface area contributed by atoms with Gasteiger partial charge < -0.3 is 18.9 Å². The monoisotopic (exact) mass is 694 g/mol. The van der Waals surface area contributed by atoms with Gasteiger partial charge in [-0.25, -0.2) is 10.1 Å². The normalized spacial score (nSPS) is 18.3. The number of fused-ring (bicyclic) bond motifs is 3. The number of nitriles is 1. The van der Waals surface area contributed by atoms with Crippen molar-refractivity contribution in [1.82, 2.24) is 4.57 Å².